The van der Waals surface area contributed by atoms with Crippen molar-refractivity contribution in [2.24, 2.45) is 4.99 Å². The van der Waals surface area contributed by atoms with Crippen LogP contribution < -0.4 is 16.0 Å². The molecule has 0 aliphatic carbocycles. The van der Waals surface area contributed by atoms with Gasteiger partial charge in [-0.25, -0.2) is 4.99 Å². The molecule has 0 radical (unpaired) electrons. The Kier molecular flexibility index (Phi) is 10.9. The highest BCUT2D eigenvalue weighted by Gasteiger charge is 2.26. The number of benzene rings is 1. The van der Waals surface area contributed by atoms with Gasteiger partial charge in [0.05, 0.1) is 12.8 Å². The predicted molar refractivity (Wildman–Crippen MR) is 134 cm³/mol. The number of amides is 1. The summed E-state index contributed by atoms with van der Waals surface area (Å²) in [5.41, 5.74) is 1.35. The highest BCUT2D eigenvalue weighted by atomic mass is 127. The molecule has 2 heterocycles. The Morgan fingerprint density at radius 1 is 1.19 bits per heavy atom. The van der Waals surface area contributed by atoms with Gasteiger partial charge < -0.3 is 20.4 Å². The van der Waals surface area contributed by atoms with Crippen LogP contribution in [0.5, 0.6) is 0 Å². The first-order valence-electron chi connectivity index (χ1n) is 10.8. The monoisotopic (exact) mass is 539 g/mol. The van der Waals surface area contributed by atoms with E-state index < -0.39 is 0 Å². The van der Waals surface area contributed by atoms with Crippen LogP contribution >= 0.6 is 24.0 Å². The first-order valence-corrected chi connectivity index (χ1v) is 10.8. The quantitative estimate of drug-likeness (QED) is 0.273. The molecule has 1 aromatic carbocycles. The van der Waals surface area contributed by atoms with Gasteiger partial charge in [-0.3, -0.25) is 9.69 Å². The van der Waals surface area contributed by atoms with Gasteiger partial charge in [-0.1, -0.05) is 30.3 Å². The molecule has 0 bridgehead atoms. The van der Waals surface area contributed by atoms with Crippen molar-refractivity contribution in [1.82, 2.24) is 20.9 Å². The van der Waals surface area contributed by atoms with Crippen molar-refractivity contribution in [2.45, 2.75) is 51.9 Å². The summed E-state index contributed by atoms with van der Waals surface area (Å²) in [5.74, 6) is 1.29. The van der Waals surface area contributed by atoms with Gasteiger partial charge in [0.25, 0.3) is 0 Å². The molecule has 1 amide bonds. The summed E-state index contributed by atoms with van der Waals surface area (Å²) < 4.78 is 5.23. The molecular formula is C23H34IN5O2. The van der Waals surface area contributed by atoms with Crippen LogP contribution in [0.1, 0.15) is 38.0 Å². The third kappa shape index (κ3) is 8.53. The molecule has 1 aliphatic heterocycles. The zero-order valence-electron chi connectivity index (χ0n) is 18.3. The van der Waals surface area contributed by atoms with Gasteiger partial charge in [0.15, 0.2) is 5.96 Å². The van der Waals surface area contributed by atoms with Crippen molar-refractivity contribution in [3.8, 4) is 0 Å². The lowest BCUT2D eigenvalue weighted by Gasteiger charge is -2.38. The minimum atomic E-state index is -0.130. The molecule has 2 unspecified atom stereocenters. The summed E-state index contributed by atoms with van der Waals surface area (Å²) in [6.45, 7) is 7.54. The Morgan fingerprint density at radius 3 is 2.68 bits per heavy atom. The van der Waals surface area contributed by atoms with Crippen LogP contribution in [0.25, 0.3) is 0 Å². The molecule has 3 rings (SSSR count). The summed E-state index contributed by atoms with van der Waals surface area (Å²) >= 11 is 0. The summed E-state index contributed by atoms with van der Waals surface area (Å²) in [6, 6.07) is 15.1. The standard InChI is InChI=1S/C23H33N5O2.HI/c1-3-24-23(26-16-22(29)25-15-21-10-7-13-30-21)27-20-11-12-28(18(2)14-20)17-19-8-5-4-6-9-19;/h4-10,13,18,20H,3,11-12,14-17H2,1-2H3,(H,25,29)(H2,24,26,27);1H. The number of hydrogen-bond donors (Lipinski definition) is 3. The van der Waals surface area contributed by atoms with E-state index in [4.69, 9.17) is 4.42 Å². The van der Waals surface area contributed by atoms with Crippen LogP contribution in [0.2, 0.25) is 0 Å². The lowest BCUT2D eigenvalue weighted by atomic mass is 9.97. The van der Waals surface area contributed by atoms with Crippen LogP contribution in [-0.4, -0.2) is 48.5 Å². The molecule has 2 atom stereocenters. The van der Waals surface area contributed by atoms with E-state index in [1.165, 1.54) is 5.56 Å². The van der Waals surface area contributed by atoms with E-state index in [9.17, 15) is 4.79 Å². The molecule has 31 heavy (non-hydrogen) atoms. The van der Waals surface area contributed by atoms with Crippen molar-refractivity contribution < 1.29 is 9.21 Å². The molecule has 1 fully saturated rings. The fourth-order valence-electron chi connectivity index (χ4n) is 3.72. The molecule has 170 valence electrons. The van der Waals surface area contributed by atoms with E-state index in [1.54, 1.807) is 12.3 Å². The molecule has 0 spiro atoms. The molecule has 1 saturated heterocycles. The fourth-order valence-corrected chi connectivity index (χ4v) is 3.72. The van der Waals surface area contributed by atoms with E-state index in [1.807, 2.05) is 13.0 Å². The number of likely N-dealkylation sites (tertiary alicyclic amines) is 1. The largest absolute Gasteiger partial charge is 0.467 e. The van der Waals surface area contributed by atoms with Gasteiger partial charge in [0, 0.05) is 31.7 Å². The van der Waals surface area contributed by atoms with E-state index in [-0.39, 0.29) is 36.4 Å². The Hall–Kier alpha value is -2.07. The van der Waals surface area contributed by atoms with Gasteiger partial charge in [-0.15, -0.1) is 24.0 Å². The van der Waals surface area contributed by atoms with Crippen LogP contribution in [0.3, 0.4) is 0 Å². The maximum absolute atomic E-state index is 12.1. The van der Waals surface area contributed by atoms with Crippen LogP contribution in [0.4, 0.5) is 0 Å². The van der Waals surface area contributed by atoms with E-state index in [0.29, 0.717) is 24.6 Å². The molecular weight excluding hydrogens is 505 g/mol. The number of rotatable bonds is 8. The molecule has 2 aromatic rings. The first kappa shape index (κ1) is 25.2. The first-order chi connectivity index (χ1) is 14.6. The Morgan fingerprint density at radius 2 is 2.00 bits per heavy atom. The van der Waals surface area contributed by atoms with Crippen LogP contribution in [0.15, 0.2) is 58.1 Å². The maximum atomic E-state index is 12.1. The summed E-state index contributed by atoms with van der Waals surface area (Å²) in [6.07, 6.45) is 3.69. The van der Waals surface area contributed by atoms with Crippen molar-refractivity contribution in [3.63, 3.8) is 0 Å². The van der Waals surface area contributed by atoms with Crippen molar-refractivity contribution in [1.29, 1.82) is 0 Å². The van der Waals surface area contributed by atoms with E-state index >= 15 is 0 Å². The minimum Gasteiger partial charge on any atom is -0.467 e. The van der Waals surface area contributed by atoms with Crippen LogP contribution in [0, 0.1) is 0 Å². The summed E-state index contributed by atoms with van der Waals surface area (Å²) in [7, 11) is 0. The predicted octanol–water partition coefficient (Wildman–Crippen LogP) is 3.12. The van der Waals surface area contributed by atoms with Gasteiger partial charge in [-0.2, -0.15) is 0 Å². The lowest BCUT2D eigenvalue weighted by Crippen LogP contribution is -2.51. The Balaban J connectivity index is 0.00000341. The maximum Gasteiger partial charge on any atom is 0.242 e. The number of piperidine rings is 1. The molecule has 7 nitrogen and oxygen atoms in total. The van der Waals surface area contributed by atoms with Crippen molar-refractivity contribution in [3.05, 3.63) is 60.1 Å². The van der Waals surface area contributed by atoms with Gasteiger partial charge in [-0.05, 0) is 44.4 Å². The van der Waals surface area contributed by atoms with Gasteiger partial charge in [0.1, 0.15) is 12.3 Å². The number of carbonyl (C=O) groups is 1. The zero-order chi connectivity index (χ0) is 21.2. The zero-order valence-corrected chi connectivity index (χ0v) is 20.7. The average Bonchev–Trinajstić information content (AvgIpc) is 3.27. The molecule has 1 aromatic heterocycles. The minimum absolute atomic E-state index is 0. The molecule has 3 N–H and O–H groups in total. The Labute approximate surface area is 202 Å². The second-order valence-electron chi connectivity index (χ2n) is 7.72. The van der Waals surface area contributed by atoms with Gasteiger partial charge >= 0.3 is 0 Å². The summed E-state index contributed by atoms with van der Waals surface area (Å²) in [5, 5.41) is 9.58. The number of halogens is 1. The lowest BCUT2D eigenvalue weighted by molar-refractivity contribution is -0.119. The van der Waals surface area contributed by atoms with Crippen LogP contribution in [-0.2, 0) is 17.9 Å². The fraction of sp³-hybridized carbons (Fsp3) is 0.478. The van der Waals surface area contributed by atoms with Gasteiger partial charge in [0.2, 0.25) is 5.91 Å². The van der Waals surface area contributed by atoms with Crippen molar-refractivity contribution in [2.75, 3.05) is 19.6 Å². The summed E-state index contributed by atoms with van der Waals surface area (Å²) in [4.78, 5) is 19.1. The normalized spacial score (nSPS) is 19.4. The second kappa shape index (κ2) is 13.4. The van der Waals surface area contributed by atoms with Crippen molar-refractivity contribution >= 4 is 35.8 Å². The number of nitrogens with one attached hydrogen (secondary N) is 3. The third-order valence-electron chi connectivity index (χ3n) is 5.35. The van der Waals surface area contributed by atoms with E-state index in [2.05, 4.69) is 63.1 Å². The SMILES string of the molecule is CCNC(=NCC(=O)NCc1ccco1)NC1CCN(Cc2ccccc2)C(C)C1.I. The smallest absolute Gasteiger partial charge is 0.242 e. The average molecular weight is 539 g/mol. The number of hydrogen-bond acceptors (Lipinski definition) is 4. The molecule has 0 saturated carbocycles. The topological polar surface area (TPSA) is 81.9 Å². The molecule has 8 heteroatoms. The Bertz CT molecular complexity index is 798. The molecule has 1 aliphatic rings. The highest BCUT2D eigenvalue weighted by Crippen LogP contribution is 2.19. The highest BCUT2D eigenvalue weighted by molar-refractivity contribution is 14.0. The number of nitrogens with zero attached hydrogens (tertiary/aromatic N) is 2. The number of guanidine groups is 1. The third-order valence-corrected chi connectivity index (χ3v) is 5.35. The second-order valence-corrected chi connectivity index (χ2v) is 7.72. The van der Waals surface area contributed by atoms with E-state index in [0.717, 1.165) is 38.2 Å². The number of furan rings is 1. The number of aliphatic imine (C=N–C) groups is 1. The number of carbonyl (C=O) groups excluding carboxylic acids is 1.